The minimum Gasteiger partial charge on any atom is -0.489 e. The van der Waals surface area contributed by atoms with Crippen LogP contribution >= 0.6 is 11.8 Å². The first-order valence-electron chi connectivity index (χ1n) is 6.39. The van der Waals surface area contributed by atoms with E-state index in [1.54, 1.807) is 17.8 Å². The molecule has 1 aliphatic rings. The van der Waals surface area contributed by atoms with Gasteiger partial charge in [0.1, 0.15) is 6.61 Å². The zero-order valence-corrected chi connectivity index (χ0v) is 11.5. The number of carbonyl (C=O) groups excluding carboxylic acids is 1. The van der Waals surface area contributed by atoms with Crippen molar-refractivity contribution in [1.82, 2.24) is 0 Å². The molecule has 0 amide bonds. The van der Waals surface area contributed by atoms with Crippen molar-refractivity contribution < 1.29 is 13.9 Å². The van der Waals surface area contributed by atoms with Gasteiger partial charge >= 0.3 is 0 Å². The lowest BCUT2D eigenvalue weighted by atomic mass is 10.1. The fourth-order valence-corrected chi connectivity index (χ4v) is 3.51. The molecule has 2 aromatic rings. The number of thioether (sulfide) groups is 1. The van der Waals surface area contributed by atoms with E-state index in [0.29, 0.717) is 12.9 Å². The maximum absolute atomic E-state index is 13.7. The Morgan fingerprint density at radius 3 is 2.90 bits per heavy atom. The van der Waals surface area contributed by atoms with Crippen LogP contribution in [0.5, 0.6) is 5.75 Å². The van der Waals surface area contributed by atoms with Crippen molar-refractivity contribution in [1.29, 1.82) is 0 Å². The van der Waals surface area contributed by atoms with Gasteiger partial charge < -0.3 is 4.74 Å². The summed E-state index contributed by atoms with van der Waals surface area (Å²) >= 11 is 1.74. The number of aldehydes is 1. The third-order valence-corrected chi connectivity index (χ3v) is 4.54. The largest absolute Gasteiger partial charge is 0.489 e. The normalized spacial score (nSPS) is 16.8. The van der Waals surface area contributed by atoms with E-state index < -0.39 is 5.82 Å². The topological polar surface area (TPSA) is 26.3 Å². The molecule has 102 valence electrons. The summed E-state index contributed by atoms with van der Waals surface area (Å²) < 4.78 is 19.2. The molecule has 0 spiro atoms. The maximum atomic E-state index is 13.7. The Labute approximate surface area is 121 Å². The van der Waals surface area contributed by atoms with Gasteiger partial charge in [0, 0.05) is 10.1 Å². The Morgan fingerprint density at radius 1 is 1.25 bits per heavy atom. The Bertz CT molecular complexity index is 617. The Hall–Kier alpha value is -1.81. The van der Waals surface area contributed by atoms with Crippen LogP contribution < -0.4 is 4.74 Å². The monoisotopic (exact) mass is 288 g/mol. The van der Waals surface area contributed by atoms with Crippen molar-refractivity contribution in [3.63, 3.8) is 0 Å². The molecule has 4 heteroatoms. The van der Waals surface area contributed by atoms with Crippen molar-refractivity contribution in [2.75, 3.05) is 6.61 Å². The highest BCUT2D eigenvalue weighted by Gasteiger charge is 2.23. The predicted octanol–water partition coefficient (Wildman–Crippen LogP) is 3.73. The van der Waals surface area contributed by atoms with Gasteiger partial charge in [-0.3, -0.25) is 4.79 Å². The Kier molecular flexibility index (Phi) is 3.74. The summed E-state index contributed by atoms with van der Waals surface area (Å²) in [4.78, 5) is 12.2. The lowest BCUT2D eigenvalue weighted by Gasteiger charge is -2.13. The van der Waals surface area contributed by atoms with E-state index >= 15 is 0 Å². The highest BCUT2D eigenvalue weighted by atomic mass is 32.2. The van der Waals surface area contributed by atoms with Crippen LogP contribution in [0.4, 0.5) is 4.39 Å². The minimum atomic E-state index is -0.491. The number of ether oxygens (including phenoxy) is 1. The number of rotatable bonds is 4. The van der Waals surface area contributed by atoms with Crippen LogP contribution in [-0.2, 0) is 6.42 Å². The molecule has 0 fully saturated rings. The van der Waals surface area contributed by atoms with Crippen LogP contribution in [0.2, 0.25) is 0 Å². The number of hydrogen-bond acceptors (Lipinski definition) is 3. The van der Waals surface area contributed by atoms with Gasteiger partial charge in [-0.05, 0) is 30.2 Å². The summed E-state index contributed by atoms with van der Waals surface area (Å²) in [6.07, 6.45) is 1.53. The van der Waals surface area contributed by atoms with Gasteiger partial charge in [-0.25, -0.2) is 4.39 Å². The molecule has 20 heavy (non-hydrogen) atoms. The van der Waals surface area contributed by atoms with E-state index in [2.05, 4.69) is 12.1 Å². The molecular weight excluding hydrogens is 275 g/mol. The zero-order valence-electron chi connectivity index (χ0n) is 10.7. The van der Waals surface area contributed by atoms with Crippen LogP contribution in [0.1, 0.15) is 15.9 Å². The predicted molar refractivity (Wildman–Crippen MR) is 77.1 cm³/mol. The zero-order chi connectivity index (χ0) is 13.9. The third-order valence-electron chi connectivity index (χ3n) is 3.25. The fraction of sp³-hybridized carbons (Fsp3) is 0.188. The molecule has 0 aromatic heterocycles. The lowest BCUT2D eigenvalue weighted by molar-refractivity contribution is 0.111. The summed E-state index contributed by atoms with van der Waals surface area (Å²) in [6.45, 7) is 0.390. The quantitative estimate of drug-likeness (QED) is 0.802. The van der Waals surface area contributed by atoms with Crippen LogP contribution in [0.3, 0.4) is 0 Å². The third kappa shape index (κ3) is 2.56. The van der Waals surface area contributed by atoms with Crippen molar-refractivity contribution in [3.05, 3.63) is 59.4 Å². The molecule has 1 aliphatic heterocycles. The second kappa shape index (κ2) is 5.67. The minimum absolute atomic E-state index is 0.0547. The van der Waals surface area contributed by atoms with E-state index in [1.165, 1.54) is 22.6 Å². The average molecular weight is 288 g/mol. The standard InChI is InChI=1S/C16H13FO2S/c17-14-6-3-5-12(9-18)16(14)19-10-13-8-11-4-1-2-7-15(11)20-13/h1-7,9,13H,8,10H2. The molecule has 1 unspecified atom stereocenters. The first kappa shape index (κ1) is 13.2. The molecule has 0 aliphatic carbocycles. The number of para-hydroxylation sites is 1. The van der Waals surface area contributed by atoms with Crippen molar-refractivity contribution in [3.8, 4) is 5.75 Å². The second-order valence-electron chi connectivity index (χ2n) is 4.64. The van der Waals surface area contributed by atoms with Crippen LogP contribution in [0, 0.1) is 5.82 Å². The molecule has 2 aromatic carbocycles. The van der Waals surface area contributed by atoms with Crippen molar-refractivity contribution in [2.45, 2.75) is 16.6 Å². The Morgan fingerprint density at radius 2 is 2.10 bits per heavy atom. The summed E-state index contributed by atoms with van der Waals surface area (Å²) in [7, 11) is 0. The second-order valence-corrected chi connectivity index (χ2v) is 5.98. The first-order chi connectivity index (χ1) is 9.78. The lowest BCUT2D eigenvalue weighted by Crippen LogP contribution is -2.14. The summed E-state index contributed by atoms with van der Waals surface area (Å²) in [6, 6.07) is 12.6. The molecule has 0 saturated heterocycles. The van der Waals surface area contributed by atoms with Gasteiger partial charge in [-0.15, -0.1) is 11.8 Å². The summed E-state index contributed by atoms with van der Waals surface area (Å²) in [5, 5.41) is 0.256. The van der Waals surface area contributed by atoms with E-state index in [9.17, 15) is 9.18 Å². The first-order valence-corrected chi connectivity index (χ1v) is 7.27. The van der Waals surface area contributed by atoms with E-state index in [-0.39, 0.29) is 16.6 Å². The molecule has 1 heterocycles. The van der Waals surface area contributed by atoms with Gasteiger partial charge in [0.05, 0.1) is 5.56 Å². The molecule has 0 radical (unpaired) electrons. The molecular formula is C16H13FO2S. The smallest absolute Gasteiger partial charge is 0.165 e. The van der Waals surface area contributed by atoms with Gasteiger partial charge in [-0.1, -0.05) is 24.3 Å². The van der Waals surface area contributed by atoms with Crippen LogP contribution in [0.25, 0.3) is 0 Å². The van der Waals surface area contributed by atoms with Gasteiger partial charge in [0.25, 0.3) is 0 Å². The molecule has 0 N–H and O–H groups in total. The maximum Gasteiger partial charge on any atom is 0.165 e. The number of carbonyl (C=O) groups is 1. The number of benzene rings is 2. The fourth-order valence-electron chi connectivity index (χ4n) is 2.29. The average Bonchev–Trinajstić information content (AvgIpc) is 2.88. The summed E-state index contributed by atoms with van der Waals surface area (Å²) in [5.41, 5.74) is 1.56. The number of fused-ring (bicyclic) bond motifs is 1. The van der Waals surface area contributed by atoms with Crippen LogP contribution in [-0.4, -0.2) is 18.1 Å². The molecule has 0 bridgehead atoms. The van der Waals surface area contributed by atoms with E-state index in [4.69, 9.17) is 4.74 Å². The number of hydrogen-bond donors (Lipinski definition) is 0. The summed E-state index contributed by atoms with van der Waals surface area (Å²) in [5.74, 6) is -0.436. The molecule has 2 nitrogen and oxygen atoms in total. The van der Waals surface area contributed by atoms with Crippen LogP contribution in [0.15, 0.2) is 47.4 Å². The van der Waals surface area contributed by atoms with E-state index in [0.717, 1.165) is 6.42 Å². The highest BCUT2D eigenvalue weighted by molar-refractivity contribution is 8.00. The van der Waals surface area contributed by atoms with Crippen molar-refractivity contribution >= 4 is 18.0 Å². The Balaban J connectivity index is 1.69. The molecule has 0 saturated carbocycles. The highest BCUT2D eigenvalue weighted by Crippen LogP contribution is 2.37. The van der Waals surface area contributed by atoms with Gasteiger partial charge in [0.2, 0.25) is 0 Å². The molecule has 3 rings (SSSR count). The molecule has 1 atom stereocenters. The van der Waals surface area contributed by atoms with Crippen molar-refractivity contribution in [2.24, 2.45) is 0 Å². The number of halogens is 1. The SMILES string of the molecule is O=Cc1cccc(F)c1OCC1Cc2ccccc2S1. The van der Waals surface area contributed by atoms with Gasteiger partial charge in [0.15, 0.2) is 17.9 Å². The van der Waals surface area contributed by atoms with E-state index in [1.807, 2.05) is 12.1 Å². The van der Waals surface area contributed by atoms with Gasteiger partial charge in [-0.2, -0.15) is 0 Å².